The van der Waals surface area contributed by atoms with Crippen molar-refractivity contribution >= 4 is 67.8 Å². The molecule has 0 spiro atoms. The Hall–Kier alpha value is -0.810. The van der Waals surface area contributed by atoms with E-state index in [1.807, 2.05) is 37.3 Å². The highest BCUT2D eigenvalue weighted by Crippen LogP contribution is 2.26. The van der Waals surface area contributed by atoms with E-state index in [0.717, 1.165) is 21.4 Å². The molecule has 2 aromatic carbocycles. The molecular weight excluding hydrogens is 379 g/mol. The lowest BCUT2D eigenvalue weighted by Crippen LogP contribution is -2.19. The molecule has 0 aliphatic carbocycles. The molecular formula is C14H11BrCl2N2S. The Morgan fingerprint density at radius 1 is 1.05 bits per heavy atom. The lowest BCUT2D eigenvalue weighted by atomic mass is 10.2. The van der Waals surface area contributed by atoms with Crippen LogP contribution in [0.4, 0.5) is 11.4 Å². The van der Waals surface area contributed by atoms with Crippen LogP contribution in [0.25, 0.3) is 0 Å². The van der Waals surface area contributed by atoms with Crippen molar-refractivity contribution in [2.45, 2.75) is 6.92 Å². The van der Waals surface area contributed by atoms with Gasteiger partial charge >= 0.3 is 0 Å². The molecule has 0 aliphatic rings. The number of hydrogen-bond acceptors (Lipinski definition) is 1. The summed E-state index contributed by atoms with van der Waals surface area (Å²) in [5.74, 6) is 0. The van der Waals surface area contributed by atoms with Crippen LogP contribution < -0.4 is 10.6 Å². The predicted molar refractivity (Wildman–Crippen MR) is 95.2 cm³/mol. The van der Waals surface area contributed by atoms with Crippen LogP contribution in [0.2, 0.25) is 10.0 Å². The summed E-state index contributed by atoms with van der Waals surface area (Å²) in [5.41, 5.74) is 2.55. The lowest BCUT2D eigenvalue weighted by Gasteiger charge is -2.14. The Labute approximate surface area is 141 Å². The second kappa shape index (κ2) is 6.76. The molecule has 2 N–H and O–H groups in total. The lowest BCUT2D eigenvalue weighted by molar-refractivity contribution is 1.45. The topological polar surface area (TPSA) is 24.1 Å². The fraction of sp³-hybridized carbons (Fsp3) is 0.0714. The molecule has 0 fully saturated rings. The van der Waals surface area contributed by atoms with E-state index in [2.05, 4.69) is 26.6 Å². The molecule has 0 heterocycles. The Balaban J connectivity index is 2.11. The van der Waals surface area contributed by atoms with Gasteiger partial charge in [0.1, 0.15) is 0 Å². The molecule has 0 unspecified atom stereocenters. The molecule has 0 atom stereocenters. The van der Waals surface area contributed by atoms with E-state index in [1.54, 1.807) is 6.07 Å². The third-order valence-electron chi connectivity index (χ3n) is 2.70. The molecule has 0 radical (unpaired) electrons. The smallest absolute Gasteiger partial charge is 0.175 e. The second-order valence-corrected chi connectivity index (χ2v) is 6.25. The fourth-order valence-electron chi connectivity index (χ4n) is 1.61. The molecule has 0 aromatic heterocycles. The number of halogens is 3. The molecule has 2 nitrogen and oxygen atoms in total. The monoisotopic (exact) mass is 388 g/mol. The first-order valence-corrected chi connectivity index (χ1v) is 7.71. The van der Waals surface area contributed by atoms with E-state index in [0.29, 0.717) is 15.2 Å². The number of anilines is 2. The van der Waals surface area contributed by atoms with Gasteiger partial charge in [0.2, 0.25) is 0 Å². The van der Waals surface area contributed by atoms with E-state index in [9.17, 15) is 0 Å². The van der Waals surface area contributed by atoms with E-state index < -0.39 is 0 Å². The maximum absolute atomic E-state index is 6.13. The largest absolute Gasteiger partial charge is 0.332 e. The van der Waals surface area contributed by atoms with Crippen molar-refractivity contribution in [1.82, 2.24) is 0 Å². The molecule has 2 rings (SSSR count). The van der Waals surface area contributed by atoms with Crippen molar-refractivity contribution in [2.24, 2.45) is 0 Å². The summed E-state index contributed by atoms with van der Waals surface area (Å²) in [6, 6.07) is 11.2. The van der Waals surface area contributed by atoms with Crippen LogP contribution in [0.5, 0.6) is 0 Å². The minimum atomic E-state index is 0.458. The Bertz CT molecular complexity index is 662. The van der Waals surface area contributed by atoms with Gasteiger partial charge in [-0.15, -0.1) is 0 Å². The van der Waals surface area contributed by atoms with Crippen molar-refractivity contribution in [3.63, 3.8) is 0 Å². The van der Waals surface area contributed by atoms with Crippen LogP contribution in [0.15, 0.2) is 40.9 Å². The summed E-state index contributed by atoms with van der Waals surface area (Å²) in [6.07, 6.45) is 0. The van der Waals surface area contributed by atoms with Gasteiger partial charge in [0.05, 0.1) is 10.7 Å². The third-order valence-corrected chi connectivity index (χ3v) is 4.11. The zero-order chi connectivity index (χ0) is 14.7. The molecule has 0 saturated carbocycles. The van der Waals surface area contributed by atoms with Crippen molar-refractivity contribution in [2.75, 3.05) is 10.6 Å². The van der Waals surface area contributed by atoms with Gasteiger partial charge in [0.25, 0.3) is 0 Å². The zero-order valence-corrected chi connectivity index (χ0v) is 14.4. The predicted octanol–water partition coefficient (Wildman–Crippen LogP) is 5.87. The first-order chi connectivity index (χ1) is 9.47. The van der Waals surface area contributed by atoms with Crippen LogP contribution >= 0.6 is 51.3 Å². The van der Waals surface area contributed by atoms with Crippen LogP contribution in [-0.2, 0) is 0 Å². The standard InChI is InChI=1S/C14H11BrCl2N2S/c1-8-10(16)3-2-4-12(8)18-14(20)19-13-6-5-9(15)7-11(13)17/h2-7H,1H3,(H2,18,19,20). The highest BCUT2D eigenvalue weighted by molar-refractivity contribution is 9.10. The summed E-state index contributed by atoms with van der Waals surface area (Å²) in [5, 5.41) is 7.91. The number of rotatable bonds is 2. The number of thiocarbonyl (C=S) groups is 1. The SMILES string of the molecule is Cc1c(Cl)cccc1NC(=S)Nc1ccc(Br)cc1Cl. The van der Waals surface area contributed by atoms with Crippen molar-refractivity contribution in [3.05, 3.63) is 56.5 Å². The average molecular weight is 390 g/mol. The molecule has 2 aromatic rings. The summed E-state index contributed by atoms with van der Waals surface area (Å²) >= 11 is 20.8. The van der Waals surface area contributed by atoms with Gasteiger partial charge in [-0.2, -0.15) is 0 Å². The van der Waals surface area contributed by atoms with Crippen LogP contribution in [0.1, 0.15) is 5.56 Å². The van der Waals surface area contributed by atoms with Gasteiger partial charge in [-0.05, 0) is 55.0 Å². The maximum Gasteiger partial charge on any atom is 0.175 e. The minimum absolute atomic E-state index is 0.458. The highest BCUT2D eigenvalue weighted by atomic mass is 79.9. The maximum atomic E-state index is 6.13. The van der Waals surface area contributed by atoms with Gasteiger partial charge in [0, 0.05) is 15.2 Å². The summed E-state index contributed by atoms with van der Waals surface area (Å²) in [4.78, 5) is 0. The zero-order valence-electron chi connectivity index (χ0n) is 10.5. The Morgan fingerprint density at radius 2 is 1.75 bits per heavy atom. The molecule has 0 amide bonds. The Kier molecular flexibility index (Phi) is 5.27. The molecule has 0 aliphatic heterocycles. The first kappa shape index (κ1) is 15.6. The van der Waals surface area contributed by atoms with Gasteiger partial charge < -0.3 is 10.6 Å². The quantitative estimate of drug-likeness (QED) is 0.627. The van der Waals surface area contributed by atoms with Gasteiger partial charge in [0.15, 0.2) is 5.11 Å². The van der Waals surface area contributed by atoms with Gasteiger partial charge in [-0.1, -0.05) is 45.2 Å². The minimum Gasteiger partial charge on any atom is -0.332 e. The number of nitrogens with one attached hydrogen (secondary N) is 2. The van der Waals surface area contributed by atoms with E-state index in [1.165, 1.54) is 0 Å². The normalized spacial score (nSPS) is 10.2. The summed E-state index contributed by atoms with van der Waals surface area (Å²) in [7, 11) is 0. The number of hydrogen-bond donors (Lipinski definition) is 2. The van der Waals surface area contributed by atoms with Gasteiger partial charge in [-0.25, -0.2) is 0 Å². The Morgan fingerprint density at radius 3 is 2.45 bits per heavy atom. The molecule has 6 heteroatoms. The highest BCUT2D eigenvalue weighted by Gasteiger charge is 2.06. The first-order valence-electron chi connectivity index (χ1n) is 5.75. The molecule has 0 bridgehead atoms. The van der Waals surface area contributed by atoms with Crippen LogP contribution in [-0.4, -0.2) is 5.11 Å². The van der Waals surface area contributed by atoms with E-state index in [4.69, 9.17) is 35.4 Å². The molecule has 104 valence electrons. The molecule has 0 saturated heterocycles. The van der Waals surface area contributed by atoms with Crippen LogP contribution in [0, 0.1) is 6.92 Å². The second-order valence-electron chi connectivity index (χ2n) is 4.12. The van der Waals surface area contributed by atoms with E-state index >= 15 is 0 Å². The van der Waals surface area contributed by atoms with E-state index in [-0.39, 0.29) is 0 Å². The molecule has 20 heavy (non-hydrogen) atoms. The average Bonchev–Trinajstić information content (AvgIpc) is 2.38. The van der Waals surface area contributed by atoms with Crippen LogP contribution in [0.3, 0.4) is 0 Å². The summed E-state index contributed by atoms with van der Waals surface area (Å²) < 4.78 is 0.914. The summed E-state index contributed by atoms with van der Waals surface area (Å²) in [6.45, 7) is 1.93. The van der Waals surface area contributed by atoms with Crippen molar-refractivity contribution < 1.29 is 0 Å². The van der Waals surface area contributed by atoms with Gasteiger partial charge in [-0.3, -0.25) is 0 Å². The third kappa shape index (κ3) is 3.85. The number of benzene rings is 2. The fourth-order valence-corrected chi connectivity index (χ4v) is 2.72. The van der Waals surface area contributed by atoms with Crippen molar-refractivity contribution in [1.29, 1.82) is 0 Å². The van der Waals surface area contributed by atoms with Crippen molar-refractivity contribution in [3.8, 4) is 0 Å².